The first-order valence-electron chi connectivity index (χ1n) is 29.0. The summed E-state index contributed by atoms with van der Waals surface area (Å²) >= 11 is 0. The van der Waals surface area contributed by atoms with Crippen LogP contribution in [0.4, 0.5) is 0 Å². The van der Waals surface area contributed by atoms with Crippen LogP contribution in [0, 0.1) is 0 Å². The van der Waals surface area contributed by atoms with Crippen LogP contribution in [0.25, 0.3) is 0 Å². The predicted octanol–water partition coefficient (Wildman–Crippen LogP) is 19.2. The summed E-state index contributed by atoms with van der Waals surface area (Å²) in [6.45, 7) is 4.30. The number of aliphatic hydroxyl groups is 2. The number of aliphatic hydroxyl groups excluding tert-OH is 2. The molecule has 0 aromatic heterocycles. The molecule has 1 amide bonds. The molecule has 2 atom stereocenters. The van der Waals surface area contributed by atoms with E-state index >= 15 is 0 Å². The number of allylic oxidation sites excluding steroid dienone is 9. The Kier molecular flexibility index (Phi) is 54.8. The molecule has 0 saturated heterocycles. The molecule has 2 unspecified atom stereocenters. The first-order valence-corrected chi connectivity index (χ1v) is 29.0. The summed E-state index contributed by atoms with van der Waals surface area (Å²) in [5, 5.41) is 23.1. The minimum Gasteiger partial charge on any atom is -0.394 e. The fraction of sp³-hybridized carbons (Fsp3) is 0.820. The van der Waals surface area contributed by atoms with E-state index < -0.39 is 12.1 Å². The maximum Gasteiger partial charge on any atom is 0.220 e. The van der Waals surface area contributed by atoms with Gasteiger partial charge in [-0.25, -0.2) is 0 Å². The Hall–Kier alpha value is -1.91. The van der Waals surface area contributed by atoms with Crippen molar-refractivity contribution < 1.29 is 15.0 Å². The molecular formula is C61H113NO3. The van der Waals surface area contributed by atoms with Gasteiger partial charge in [0.1, 0.15) is 0 Å². The van der Waals surface area contributed by atoms with Gasteiger partial charge in [0.05, 0.1) is 18.8 Å². The maximum absolute atomic E-state index is 12.4. The number of nitrogens with one attached hydrogen (secondary N) is 1. The molecule has 4 nitrogen and oxygen atoms in total. The van der Waals surface area contributed by atoms with Crippen LogP contribution in [0.15, 0.2) is 60.8 Å². The Morgan fingerprint density at radius 2 is 0.646 bits per heavy atom. The van der Waals surface area contributed by atoms with Gasteiger partial charge in [-0.15, -0.1) is 0 Å². The molecule has 0 fully saturated rings. The highest BCUT2D eigenvalue weighted by molar-refractivity contribution is 5.76. The molecule has 3 N–H and O–H groups in total. The van der Waals surface area contributed by atoms with E-state index in [1.807, 2.05) is 6.08 Å². The topological polar surface area (TPSA) is 69.6 Å². The van der Waals surface area contributed by atoms with Crippen molar-refractivity contribution in [2.24, 2.45) is 0 Å². The second-order valence-corrected chi connectivity index (χ2v) is 19.7. The molecule has 4 heteroatoms. The van der Waals surface area contributed by atoms with Gasteiger partial charge in [-0.3, -0.25) is 4.79 Å². The summed E-state index contributed by atoms with van der Waals surface area (Å²) in [4.78, 5) is 12.4. The minimum atomic E-state index is -0.871. The molecule has 0 saturated carbocycles. The van der Waals surface area contributed by atoms with Crippen molar-refractivity contribution in [3.8, 4) is 0 Å². The van der Waals surface area contributed by atoms with E-state index in [0.717, 1.165) is 44.9 Å². The van der Waals surface area contributed by atoms with Crippen molar-refractivity contribution in [1.29, 1.82) is 0 Å². The summed E-state index contributed by atoms with van der Waals surface area (Å²) < 4.78 is 0. The highest BCUT2D eigenvalue weighted by atomic mass is 16.3. The van der Waals surface area contributed by atoms with Crippen molar-refractivity contribution in [2.75, 3.05) is 6.61 Å². The molecule has 0 bridgehead atoms. The lowest BCUT2D eigenvalue weighted by Gasteiger charge is -2.19. The predicted molar refractivity (Wildman–Crippen MR) is 290 cm³/mol. The zero-order valence-corrected chi connectivity index (χ0v) is 43.8. The standard InChI is InChI=1S/C61H113NO3/c1-3-5-7-9-11-13-15-17-19-21-22-23-24-25-26-27-28-29-30-31-32-33-34-35-36-37-38-39-40-41-43-45-47-49-51-53-55-57-61(65)62-59(58-63)60(64)56-54-52-50-48-46-44-42-20-18-16-14-12-10-8-6-4-2/h18,20,26-27,29-30,46,48,54,56,59-60,63-64H,3-17,19,21-25,28,31-45,47,49-53,55,57-58H2,1-2H3,(H,62,65)/b20-18+,27-26-,30-29-,48-46+,56-54+. The van der Waals surface area contributed by atoms with Crippen molar-refractivity contribution in [1.82, 2.24) is 5.32 Å². The molecule has 0 radical (unpaired) electrons. The fourth-order valence-electron chi connectivity index (χ4n) is 8.77. The molecule has 0 aliphatic rings. The quantitative estimate of drug-likeness (QED) is 0.0421. The van der Waals surface area contributed by atoms with Crippen molar-refractivity contribution in [3.05, 3.63) is 60.8 Å². The molecule has 0 spiro atoms. The number of carbonyl (C=O) groups is 1. The van der Waals surface area contributed by atoms with E-state index in [-0.39, 0.29) is 12.5 Å². The lowest BCUT2D eigenvalue weighted by atomic mass is 10.0. The largest absolute Gasteiger partial charge is 0.394 e. The lowest BCUT2D eigenvalue weighted by Crippen LogP contribution is -2.45. The summed E-state index contributed by atoms with van der Waals surface area (Å²) in [6, 6.07) is -0.647. The number of unbranched alkanes of at least 4 members (excludes halogenated alkanes) is 38. The minimum absolute atomic E-state index is 0.0763. The van der Waals surface area contributed by atoms with Gasteiger partial charge in [0.15, 0.2) is 0 Å². The van der Waals surface area contributed by atoms with Gasteiger partial charge in [0.25, 0.3) is 0 Å². The van der Waals surface area contributed by atoms with E-state index in [0.29, 0.717) is 6.42 Å². The summed E-state index contributed by atoms with van der Waals surface area (Å²) in [5.74, 6) is -0.0763. The molecule has 0 aliphatic heterocycles. The first-order chi connectivity index (χ1) is 32.2. The van der Waals surface area contributed by atoms with Gasteiger partial charge in [-0.05, 0) is 77.0 Å². The third-order valence-electron chi connectivity index (χ3n) is 13.2. The van der Waals surface area contributed by atoms with Crippen LogP contribution in [0.3, 0.4) is 0 Å². The molecule has 380 valence electrons. The van der Waals surface area contributed by atoms with Crippen molar-refractivity contribution >= 4 is 5.91 Å². The van der Waals surface area contributed by atoms with Crippen LogP contribution < -0.4 is 5.32 Å². The number of carbonyl (C=O) groups excluding carboxylic acids is 1. The van der Waals surface area contributed by atoms with Gasteiger partial charge >= 0.3 is 0 Å². The monoisotopic (exact) mass is 908 g/mol. The van der Waals surface area contributed by atoms with Crippen LogP contribution in [0.1, 0.15) is 303 Å². The highest BCUT2D eigenvalue weighted by Gasteiger charge is 2.18. The van der Waals surface area contributed by atoms with Crippen LogP contribution in [-0.2, 0) is 4.79 Å². The number of hydrogen-bond acceptors (Lipinski definition) is 3. The van der Waals surface area contributed by atoms with Gasteiger partial charge in [-0.2, -0.15) is 0 Å². The Balaban J connectivity index is 3.47. The Labute approximate surface area is 406 Å². The fourth-order valence-corrected chi connectivity index (χ4v) is 8.77. The molecule has 0 heterocycles. The number of amides is 1. The van der Waals surface area contributed by atoms with E-state index in [2.05, 4.69) is 67.8 Å². The van der Waals surface area contributed by atoms with Gasteiger partial charge in [-0.1, -0.05) is 280 Å². The van der Waals surface area contributed by atoms with Gasteiger partial charge in [0, 0.05) is 6.42 Å². The van der Waals surface area contributed by atoms with E-state index in [1.165, 1.54) is 238 Å². The summed E-state index contributed by atoms with van der Waals surface area (Å²) in [6.07, 6.45) is 79.7. The molecule has 65 heavy (non-hydrogen) atoms. The third-order valence-corrected chi connectivity index (χ3v) is 13.2. The highest BCUT2D eigenvalue weighted by Crippen LogP contribution is 2.16. The zero-order valence-electron chi connectivity index (χ0n) is 43.8. The van der Waals surface area contributed by atoms with Crippen LogP contribution in [-0.4, -0.2) is 34.9 Å². The Morgan fingerprint density at radius 3 is 0.985 bits per heavy atom. The third kappa shape index (κ3) is 52.9. The number of hydrogen-bond donors (Lipinski definition) is 3. The van der Waals surface area contributed by atoms with Crippen molar-refractivity contribution in [2.45, 2.75) is 315 Å². The summed E-state index contributed by atoms with van der Waals surface area (Å²) in [7, 11) is 0. The first kappa shape index (κ1) is 63.1. The lowest BCUT2D eigenvalue weighted by molar-refractivity contribution is -0.123. The maximum atomic E-state index is 12.4. The van der Waals surface area contributed by atoms with Gasteiger partial charge < -0.3 is 15.5 Å². The van der Waals surface area contributed by atoms with Crippen molar-refractivity contribution in [3.63, 3.8) is 0 Å². The zero-order chi connectivity index (χ0) is 47.0. The second kappa shape index (κ2) is 56.4. The van der Waals surface area contributed by atoms with E-state index in [4.69, 9.17) is 0 Å². The smallest absolute Gasteiger partial charge is 0.220 e. The molecule has 0 rings (SSSR count). The molecule has 0 aliphatic carbocycles. The second-order valence-electron chi connectivity index (χ2n) is 19.7. The Morgan fingerprint density at radius 1 is 0.369 bits per heavy atom. The molecular weight excluding hydrogens is 795 g/mol. The summed E-state index contributed by atoms with van der Waals surface area (Å²) in [5.41, 5.74) is 0. The Bertz CT molecular complexity index is 1070. The normalized spacial score (nSPS) is 13.2. The molecule has 0 aromatic rings. The number of rotatable bonds is 53. The van der Waals surface area contributed by atoms with Crippen LogP contribution >= 0.6 is 0 Å². The molecule has 0 aromatic carbocycles. The van der Waals surface area contributed by atoms with Crippen LogP contribution in [0.5, 0.6) is 0 Å². The SMILES string of the molecule is CCCCCCCC/C=C/CC/C=C/CC/C=C/C(O)C(CO)NC(=O)CCCCCCCCCCCCCCCCCCC/C=C\C/C=C\CCCCCCCCCCCCCCC. The average molecular weight is 909 g/mol. The van der Waals surface area contributed by atoms with E-state index in [9.17, 15) is 15.0 Å². The van der Waals surface area contributed by atoms with E-state index in [1.54, 1.807) is 6.08 Å². The van der Waals surface area contributed by atoms with Crippen LogP contribution in [0.2, 0.25) is 0 Å². The van der Waals surface area contributed by atoms with Gasteiger partial charge in [0.2, 0.25) is 5.91 Å². The average Bonchev–Trinajstić information content (AvgIpc) is 3.31.